The molecule has 1 heterocycles. The van der Waals surface area contributed by atoms with Crippen LogP contribution in [0.1, 0.15) is 44.4 Å². The second-order valence-electron chi connectivity index (χ2n) is 9.84. The van der Waals surface area contributed by atoms with E-state index in [0.717, 1.165) is 0 Å². The number of rotatable bonds is 16. The van der Waals surface area contributed by atoms with Crippen molar-refractivity contribution in [2.75, 3.05) is 0 Å². The van der Waals surface area contributed by atoms with Crippen molar-refractivity contribution in [1.82, 2.24) is 25.9 Å². The van der Waals surface area contributed by atoms with Crippen LogP contribution in [-0.2, 0) is 36.8 Å². The largest absolute Gasteiger partial charge is 0.508 e. The van der Waals surface area contributed by atoms with Crippen molar-refractivity contribution < 1.29 is 39.3 Å². The number of hydrogen-bond donors (Lipinski definition) is 8. The molecule has 0 radical (unpaired) electrons. The Balaban J connectivity index is 2.28. The highest BCUT2D eigenvalue weighted by Gasteiger charge is 2.31. The van der Waals surface area contributed by atoms with Crippen LogP contribution in [0.3, 0.4) is 0 Å². The minimum absolute atomic E-state index is 0.00100. The van der Waals surface area contributed by atoms with Crippen LogP contribution in [0.2, 0.25) is 0 Å². The molecule has 9 N–H and O–H groups in total. The molecule has 0 saturated heterocycles. The first kappa shape index (κ1) is 31.8. The zero-order valence-electron chi connectivity index (χ0n) is 22.3. The molecule has 2 aromatic rings. The van der Waals surface area contributed by atoms with Crippen molar-refractivity contribution in [3.8, 4) is 5.75 Å². The summed E-state index contributed by atoms with van der Waals surface area (Å²) in [6, 6.07) is 1.13. The maximum absolute atomic E-state index is 13.5. The van der Waals surface area contributed by atoms with Gasteiger partial charge in [-0.2, -0.15) is 0 Å². The molecular formula is C26H36N6O8. The number of carbonyl (C=O) groups excluding carboxylic acids is 3. The molecule has 14 heteroatoms. The highest BCUT2D eigenvalue weighted by atomic mass is 16.4. The van der Waals surface area contributed by atoms with E-state index < -0.39 is 60.2 Å². The number of nitrogens with zero attached hydrogens (tertiary/aromatic N) is 1. The van der Waals surface area contributed by atoms with Gasteiger partial charge >= 0.3 is 11.9 Å². The van der Waals surface area contributed by atoms with Crippen molar-refractivity contribution in [3.63, 3.8) is 0 Å². The number of aromatic hydroxyl groups is 1. The fourth-order valence-corrected chi connectivity index (χ4v) is 3.87. The van der Waals surface area contributed by atoms with E-state index in [4.69, 9.17) is 10.8 Å². The van der Waals surface area contributed by atoms with Crippen molar-refractivity contribution >= 4 is 29.7 Å². The fourth-order valence-electron chi connectivity index (χ4n) is 3.87. The summed E-state index contributed by atoms with van der Waals surface area (Å²) < 4.78 is 0. The number of imidazole rings is 1. The highest BCUT2D eigenvalue weighted by Crippen LogP contribution is 2.13. The number of H-pyrrole nitrogens is 1. The van der Waals surface area contributed by atoms with Gasteiger partial charge in [-0.25, -0.2) is 9.78 Å². The van der Waals surface area contributed by atoms with E-state index in [1.165, 1.54) is 24.7 Å². The van der Waals surface area contributed by atoms with Crippen LogP contribution < -0.4 is 21.7 Å². The number of carboxylic acid groups (broad SMARTS) is 2. The number of aromatic amines is 1. The lowest BCUT2D eigenvalue weighted by molar-refractivity contribution is -0.143. The minimum atomic E-state index is -1.51. The average molecular weight is 561 g/mol. The average Bonchev–Trinajstić information content (AvgIpc) is 3.39. The molecule has 0 aliphatic carbocycles. The minimum Gasteiger partial charge on any atom is -0.508 e. The van der Waals surface area contributed by atoms with Crippen LogP contribution in [0.15, 0.2) is 36.8 Å². The van der Waals surface area contributed by atoms with E-state index in [-0.39, 0.29) is 30.9 Å². The van der Waals surface area contributed by atoms with Gasteiger partial charge in [0.2, 0.25) is 17.7 Å². The standard InChI is InChI=1S/C26H36N6O8/c1-14(2)9-18(27)23(36)31-20(10-15-3-5-17(33)6-4-15)24(37)32-21(11-16-12-28-13-29-16)25(38)30-19(26(39)40)7-8-22(34)35/h3-6,12-14,18-21,33H,7-11,27H2,1-2H3,(H,28,29)(H,30,38)(H,31,36)(H,32,37)(H,34,35)(H,39,40). The molecule has 2 rings (SSSR count). The molecule has 4 atom stereocenters. The van der Waals surface area contributed by atoms with Crippen molar-refractivity contribution in [1.29, 1.82) is 0 Å². The van der Waals surface area contributed by atoms with E-state index in [9.17, 15) is 34.2 Å². The molecule has 0 fully saturated rings. The van der Waals surface area contributed by atoms with Gasteiger partial charge in [-0.1, -0.05) is 26.0 Å². The molecule has 3 amide bonds. The Morgan fingerprint density at radius 3 is 2.00 bits per heavy atom. The summed E-state index contributed by atoms with van der Waals surface area (Å²) in [6.07, 6.45) is 2.20. The fraction of sp³-hybridized carbons (Fsp3) is 0.462. The van der Waals surface area contributed by atoms with E-state index in [1.54, 1.807) is 12.1 Å². The second-order valence-corrected chi connectivity index (χ2v) is 9.84. The van der Waals surface area contributed by atoms with Crippen LogP contribution in [0.25, 0.3) is 0 Å². The number of hydrogen-bond acceptors (Lipinski definition) is 8. The zero-order valence-corrected chi connectivity index (χ0v) is 22.3. The number of benzene rings is 1. The lowest BCUT2D eigenvalue weighted by Crippen LogP contribution is -2.58. The molecule has 218 valence electrons. The molecule has 0 aliphatic rings. The third-order valence-electron chi connectivity index (χ3n) is 5.94. The SMILES string of the molecule is CC(C)CC(N)C(=O)NC(Cc1ccc(O)cc1)C(=O)NC(Cc1cnc[nH]1)C(=O)NC(CCC(=O)O)C(=O)O. The van der Waals surface area contributed by atoms with Crippen LogP contribution in [0, 0.1) is 5.92 Å². The summed E-state index contributed by atoms with van der Waals surface area (Å²) in [5.41, 5.74) is 7.06. The summed E-state index contributed by atoms with van der Waals surface area (Å²) >= 11 is 0. The quantitative estimate of drug-likeness (QED) is 0.133. The Morgan fingerprint density at radius 1 is 0.900 bits per heavy atom. The van der Waals surface area contributed by atoms with E-state index in [2.05, 4.69) is 25.9 Å². The highest BCUT2D eigenvalue weighted by molar-refractivity contribution is 5.94. The van der Waals surface area contributed by atoms with Crippen LogP contribution >= 0.6 is 0 Å². The van der Waals surface area contributed by atoms with Gasteiger partial charge in [0.1, 0.15) is 23.9 Å². The number of aromatic nitrogens is 2. The van der Waals surface area contributed by atoms with Gasteiger partial charge in [-0.3, -0.25) is 19.2 Å². The first-order valence-corrected chi connectivity index (χ1v) is 12.7. The van der Waals surface area contributed by atoms with Gasteiger partial charge in [0.25, 0.3) is 0 Å². The smallest absolute Gasteiger partial charge is 0.326 e. The summed E-state index contributed by atoms with van der Waals surface area (Å²) in [5, 5.41) is 35.4. The molecule has 1 aromatic carbocycles. The predicted molar refractivity (Wildman–Crippen MR) is 142 cm³/mol. The van der Waals surface area contributed by atoms with Gasteiger partial charge in [-0.05, 0) is 36.5 Å². The van der Waals surface area contributed by atoms with Gasteiger partial charge < -0.3 is 42.0 Å². The molecule has 0 bridgehead atoms. The van der Waals surface area contributed by atoms with Crippen LogP contribution in [0.4, 0.5) is 0 Å². The second kappa shape index (κ2) is 15.2. The molecule has 0 spiro atoms. The number of nitrogens with one attached hydrogen (secondary N) is 4. The normalized spacial score (nSPS) is 14.0. The lowest BCUT2D eigenvalue weighted by Gasteiger charge is -2.25. The molecule has 0 aliphatic heterocycles. The third-order valence-corrected chi connectivity index (χ3v) is 5.94. The number of carboxylic acids is 2. The van der Waals surface area contributed by atoms with Gasteiger partial charge in [0.15, 0.2) is 0 Å². The van der Waals surface area contributed by atoms with Gasteiger partial charge in [0.05, 0.1) is 12.4 Å². The Labute approximate surface area is 230 Å². The van der Waals surface area contributed by atoms with Crippen LogP contribution in [-0.4, -0.2) is 79.1 Å². The van der Waals surface area contributed by atoms with Gasteiger partial charge in [0, 0.05) is 31.2 Å². The lowest BCUT2D eigenvalue weighted by atomic mass is 10.0. The first-order chi connectivity index (χ1) is 18.8. The zero-order chi connectivity index (χ0) is 29.8. The van der Waals surface area contributed by atoms with Crippen molar-refractivity contribution in [3.05, 3.63) is 48.0 Å². The molecule has 14 nitrogen and oxygen atoms in total. The van der Waals surface area contributed by atoms with Crippen molar-refractivity contribution in [2.45, 2.75) is 70.1 Å². The molecule has 4 unspecified atom stereocenters. The first-order valence-electron chi connectivity index (χ1n) is 12.7. The molecule has 40 heavy (non-hydrogen) atoms. The summed E-state index contributed by atoms with van der Waals surface area (Å²) in [5.74, 6) is -4.70. The maximum Gasteiger partial charge on any atom is 0.326 e. The third kappa shape index (κ3) is 10.7. The van der Waals surface area contributed by atoms with Crippen molar-refractivity contribution in [2.24, 2.45) is 11.7 Å². The van der Waals surface area contributed by atoms with Gasteiger partial charge in [-0.15, -0.1) is 0 Å². The number of nitrogens with two attached hydrogens (primary N) is 1. The molecule has 0 saturated carbocycles. The topological polar surface area (TPSA) is 237 Å². The Hall–Kier alpha value is -4.46. The number of amides is 3. The molecule has 1 aromatic heterocycles. The van der Waals surface area contributed by atoms with E-state index >= 15 is 0 Å². The number of phenolic OH excluding ortho intramolecular Hbond substituents is 1. The monoisotopic (exact) mass is 560 g/mol. The predicted octanol–water partition coefficient (Wildman–Crippen LogP) is -0.322. The Bertz CT molecular complexity index is 1150. The summed E-state index contributed by atoms with van der Waals surface area (Å²) in [4.78, 5) is 68.6. The molecular weight excluding hydrogens is 524 g/mol. The number of phenols is 1. The summed E-state index contributed by atoms with van der Waals surface area (Å²) in [6.45, 7) is 3.79. The van der Waals surface area contributed by atoms with Crippen LogP contribution in [0.5, 0.6) is 5.75 Å². The number of aliphatic carboxylic acids is 2. The van der Waals surface area contributed by atoms with E-state index in [0.29, 0.717) is 17.7 Å². The Kier molecular flexibility index (Phi) is 12.1. The number of carbonyl (C=O) groups is 5. The summed E-state index contributed by atoms with van der Waals surface area (Å²) in [7, 11) is 0. The maximum atomic E-state index is 13.5. The Morgan fingerprint density at radius 2 is 1.48 bits per heavy atom. The van der Waals surface area contributed by atoms with E-state index in [1.807, 2.05) is 13.8 Å².